The molecular formula is C14H18O. The van der Waals surface area contributed by atoms with E-state index in [9.17, 15) is 4.79 Å². The Hall–Kier alpha value is -1.11. The van der Waals surface area contributed by atoms with Gasteiger partial charge in [-0.05, 0) is 24.0 Å². The molecule has 0 radical (unpaired) electrons. The first-order chi connectivity index (χ1) is 7.38. The Balaban J connectivity index is 1.99. The summed E-state index contributed by atoms with van der Waals surface area (Å²) >= 11 is 0. The van der Waals surface area contributed by atoms with Crippen LogP contribution < -0.4 is 0 Å². The minimum Gasteiger partial charge on any atom is -0.298 e. The predicted molar refractivity (Wildman–Crippen MR) is 62.1 cm³/mol. The van der Waals surface area contributed by atoms with E-state index < -0.39 is 0 Å². The third-order valence-corrected chi connectivity index (χ3v) is 3.34. The summed E-state index contributed by atoms with van der Waals surface area (Å²) < 4.78 is 0. The molecule has 0 bridgehead atoms. The first kappa shape index (κ1) is 10.4. The zero-order chi connectivity index (χ0) is 10.5. The molecular weight excluding hydrogens is 184 g/mol. The number of aldehydes is 1. The largest absolute Gasteiger partial charge is 0.298 e. The monoisotopic (exact) mass is 202 g/mol. The topological polar surface area (TPSA) is 17.1 Å². The first-order valence-corrected chi connectivity index (χ1v) is 5.92. The van der Waals surface area contributed by atoms with E-state index >= 15 is 0 Å². The lowest BCUT2D eigenvalue weighted by atomic mass is 9.85. The molecule has 1 aromatic rings. The number of hydrogen-bond donors (Lipinski definition) is 0. The Labute approximate surface area is 91.5 Å². The summed E-state index contributed by atoms with van der Waals surface area (Å²) in [6.45, 7) is 0. The van der Waals surface area contributed by atoms with E-state index in [1.807, 2.05) is 18.2 Å². The highest BCUT2D eigenvalue weighted by Crippen LogP contribution is 2.26. The van der Waals surface area contributed by atoms with Gasteiger partial charge in [-0.25, -0.2) is 0 Å². The van der Waals surface area contributed by atoms with E-state index in [4.69, 9.17) is 0 Å². The van der Waals surface area contributed by atoms with Gasteiger partial charge in [-0.15, -0.1) is 0 Å². The molecule has 2 rings (SSSR count). The third-order valence-electron chi connectivity index (χ3n) is 3.34. The Kier molecular flexibility index (Phi) is 3.54. The molecule has 0 unspecified atom stereocenters. The summed E-state index contributed by atoms with van der Waals surface area (Å²) in [5, 5.41) is 0. The van der Waals surface area contributed by atoms with Crippen LogP contribution in [0.3, 0.4) is 0 Å². The van der Waals surface area contributed by atoms with Crippen molar-refractivity contribution in [2.75, 3.05) is 0 Å². The lowest BCUT2D eigenvalue weighted by Gasteiger charge is -2.21. The minimum absolute atomic E-state index is 0.809. The number of carbonyl (C=O) groups excluding carboxylic acids is 1. The van der Waals surface area contributed by atoms with E-state index in [1.54, 1.807) is 0 Å². The number of hydrogen-bond acceptors (Lipinski definition) is 1. The molecule has 80 valence electrons. The molecule has 1 aliphatic carbocycles. The molecule has 1 aliphatic rings. The van der Waals surface area contributed by atoms with Crippen LogP contribution in [0.2, 0.25) is 0 Å². The maximum Gasteiger partial charge on any atom is 0.150 e. The average Bonchev–Trinajstić information content (AvgIpc) is 2.31. The van der Waals surface area contributed by atoms with Crippen molar-refractivity contribution in [1.82, 2.24) is 0 Å². The maximum absolute atomic E-state index is 10.7. The Morgan fingerprint density at radius 2 is 2.00 bits per heavy atom. The summed E-state index contributed by atoms with van der Waals surface area (Å²) in [5.41, 5.74) is 2.13. The summed E-state index contributed by atoms with van der Waals surface area (Å²) in [4.78, 5) is 10.7. The van der Waals surface area contributed by atoms with Crippen LogP contribution in [0, 0.1) is 5.92 Å². The Bertz CT molecular complexity index is 324. The van der Waals surface area contributed by atoms with Crippen molar-refractivity contribution < 1.29 is 4.79 Å². The van der Waals surface area contributed by atoms with Crippen molar-refractivity contribution in [3.63, 3.8) is 0 Å². The van der Waals surface area contributed by atoms with E-state index in [0.717, 1.165) is 24.2 Å². The Morgan fingerprint density at radius 1 is 1.20 bits per heavy atom. The molecule has 0 aromatic heterocycles. The molecule has 1 nitrogen and oxygen atoms in total. The van der Waals surface area contributed by atoms with Crippen molar-refractivity contribution in [3.8, 4) is 0 Å². The Morgan fingerprint density at radius 3 is 2.73 bits per heavy atom. The van der Waals surface area contributed by atoms with Crippen LogP contribution in [0.1, 0.15) is 48.0 Å². The second-order valence-electron chi connectivity index (χ2n) is 4.57. The van der Waals surface area contributed by atoms with Gasteiger partial charge >= 0.3 is 0 Å². The molecule has 0 amide bonds. The second-order valence-corrected chi connectivity index (χ2v) is 4.57. The van der Waals surface area contributed by atoms with Gasteiger partial charge in [-0.1, -0.05) is 50.3 Å². The zero-order valence-electron chi connectivity index (χ0n) is 9.11. The summed E-state index contributed by atoms with van der Waals surface area (Å²) in [6.07, 6.45) is 9.00. The van der Waals surface area contributed by atoms with Crippen molar-refractivity contribution >= 4 is 6.29 Å². The van der Waals surface area contributed by atoms with Crippen LogP contribution in [0.15, 0.2) is 24.3 Å². The number of benzene rings is 1. The SMILES string of the molecule is O=Cc1cccc(CC2CCCCC2)c1. The number of rotatable bonds is 3. The fourth-order valence-corrected chi connectivity index (χ4v) is 2.52. The maximum atomic E-state index is 10.7. The molecule has 0 aliphatic heterocycles. The summed E-state index contributed by atoms with van der Waals surface area (Å²) in [6, 6.07) is 8.03. The van der Waals surface area contributed by atoms with Crippen LogP contribution in [-0.2, 0) is 6.42 Å². The third kappa shape index (κ3) is 2.92. The molecule has 0 spiro atoms. The van der Waals surface area contributed by atoms with Gasteiger partial charge in [0.05, 0.1) is 0 Å². The number of carbonyl (C=O) groups is 1. The molecule has 0 saturated heterocycles. The fraction of sp³-hybridized carbons (Fsp3) is 0.500. The molecule has 0 N–H and O–H groups in total. The van der Waals surface area contributed by atoms with Crippen molar-refractivity contribution in [3.05, 3.63) is 35.4 Å². The van der Waals surface area contributed by atoms with Gasteiger partial charge in [-0.2, -0.15) is 0 Å². The predicted octanol–water partition coefficient (Wildman–Crippen LogP) is 3.62. The van der Waals surface area contributed by atoms with Crippen molar-refractivity contribution in [2.45, 2.75) is 38.5 Å². The van der Waals surface area contributed by atoms with E-state index in [0.29, 0.717) is 0 Å². The van der Waals surface area contributed by atoms with E-state index in [2.05, 4.69) is 6.07 Å². The van der Waals surface area contributed by atoms with Gasteiger partial charge in [-0.3, -0.25) is 4.79 Å². The van der Waals surface area contributed by atoms with Crippen LogP contribution in [-0.4, -0.2) is 6.29 Å². The average molecular weight is 202 g/mol. The lowest BCUT2D eigenvalue weighted by molar-refractivity contribution is 0.112. The molecule has 1 saturated carbocycles. The lowest BCUT2D eigenvalue weighted by Crippen LogP contribution is -2.09. The zero-order valence-corrected chi connectivity index (χ0v) is 9.11. The quantitative estimate of drug-likeness (QED) is 0.684. The molecule has 1 fully saturated rings. The molecule has 1 aromatic carbocycles. The highest BCUT2D eigenvalue weighted by Gasteiger charge is 2.13. The van der Waals surface area contributed by atoms with Gasteiger partial charge in [0.25, 0.3) is 0 Å². The van der Waals surface area contributed by atoms with E-state index in [-0.39, 0.29) is 0 Å². The van der Waals surface area contributed by atoms with Crippen LogP contribution in [0.25, 0.3) is 0 Å². The van der Waals surface area contributed by atoms with Gasteiger partial charge < -0.3 is 0 Å². The first-order valence-electron chi connectivity index (χ1n) is 5.92. The molecule has 0 heterocycles. The molecule has 0 atom stereocenters. The van der Waals surface area contributed by atoms with Crippen LogP contribution in [0.4, 0.5) is 0 Å². The standard InChI is InChI=1S/C14H18O/c15-11-14-8-4-7-13(10-14)9-12-5-2-1-3-6-12/h4,7-8,10-12H,1-3,5-6,9H2. The molecule has 15 heavy (non-hydrogen) atoms. The normalized spacial score (nSPS) is 17.6. The van der Waals surface area contributed by atoms with E-state index in [1.165, 1.54) is 37.7 Å². The fourth-order valence-electron chi connectivity index (χ4n) is 2.52. The highest BCUT2D eigenvalue weighted by molar-refractivity contribution is 5.74. The van der Waals surface area contributed by atoms with Gasteiger partial charge in [0.15, 0.2) is 0 Å². The van der Waals surface area contributed by atoms with Crippen LogP contribution >= 0.6 is 0 Å². The summed E-state index contributed by atoms with van der Waals surface area (Å²) in [5.74, 6) is 0.848. The van der Waals surface area contributed by atoms with Gasteiger partial charge in [0.2, 0.25) is 0 Å². The summed E-state index contributed by atoms with van der Waals surface area (Å²) in [7, 11) is 0. The molecule has 1 heteroatoms. The van der Waals surface area contributed by atoms with Crippen LogP contribution in [0.5, 0.6) is 0 Å². The second kappa shape index (κ2) is 5.11. The van der Waals surface area contributed by atoms with Gasteiger partial charge in [0.1, 0.15) is 6.29 Å². The van der Waals surface area contributed by atoms with Gasteiger partial charge in [0, 0.05) is 5.56 Å². The van der Waals surface area contributed by atoms with Crippen molar-refractivity contribution in [2.24, 2.45) is 5.92 Å². The highest BCUT2D eigenvalue weighted by atomic mass is 16.1. The minimum atomic E-state index is 0.809. The smallest absolute Gasteiger partial charge is 0.150 e. The van der Waals surface area contributed by atoms with Crippen molar-refractivity contribution in [1.29, 1.82) is 0 Å².